The lowest BCUT2D eigenvalue weighted by atomic mass is 10.1. The Labute approximate surface area is 133 Å². The molecule has 1 amide bonds. The maximum absolute atomic E-state index is 12.0. The SMILES string of the molecule is Cn1c(=O)n(C)c2cc(CCNC(=O)c3ccncc3)ccc21. The number of fused-ring (bicyclic) bond motifs is 1. The number of aryl methyl sites for hydroxylation is 2. The second-order valence-electron chi connectivity index (χ2n) is 5.47. The van der Waals surface area contributed by atoms with E-state index in [-0.39, 0.29) is 11.6 Å². The summed E-state index contributed by atoms with van der Waals surface area (Å²) in [6.45, 7) is 0.535. The highest BCUT2D eigenvalue weighted by atomic mass is 16.2. The molecular formula is C17H18N4O2. The van der Waals surface area contributed by atoms with E-state index in [4.69, 9.17) is 0 Å². The Hall–Kier alpha value is -2.89. The zero-order valence-corrected chi connectivity index (χ0v) is 13.1. The van der Waals surface area contributed by atoms with Gasteiger partial charge in [-0.1, -0.05) is 6.07 Å². The summed E-state index contributed by atoms with van der Waals surface area (Å²) in [5.41, 5.74) is 3.44. The number of benzene rings is 1. The van der Waals surface area contributed by atoms with Gasteiger partial charge < -0.3 is 5.32 Å². The minimum atomic E-state index is -0.111. The molecule has 6 heteroatoms. The predicted molar refractivity (Wildman–Crippen MR) is 88.4 cm³/mol. The molecule has 0 aliphatic heterocycles. The van der Waals surface area contributed by atoms with Crippen molar-refractivity contribution in [1.82, 2.24) is 19.4 Å². The third kappa shape index (κ3) is 2.88. The molecule has 0 aliphatic carbocycles. The van der Waals surface area contributed by atoms with Gasteiger partial charge in [-0.05, 0) is 36.2 Å². The van der Waals surface area contributed by atoms with E-state index in [1.165, 1.54) is 0 Å². The number of imidazole rings is 1. The molecule has 0 saturated heterocycles. The van der Waals surface area contributed by atoms with E-state index >= 15 is 0 Å². The van der Waals surface area contributed by atoms with Crippen LogP contribution in [0.2, 0.25) is 0 Å². The third-order valence-corrected chi connectivity index (χ3v) is 3.98. The summed E-state index contributed by atoms with van der Waals surface area (Å²) in [7, 11) is 3.53. The average molecular weight is 310 g/mol. The monoisotopic (exact) mass is 310 g/mol. The second-order valence-corrected chi connectivity index (χ2v) is 5.47. The van der Waals surface area contributed by atoms with E-state index in [0.29, 0.717) is 18.5 Å². The number of amides is 1. The smallest absolute Gasteiger partial charge is 0.328 e. The second kappa shape index (κ2) is 6.08. The molecule has 118 valence electrons. The summed E-state index contributed by atoms with van der Waals surface area (Å²) < 4.78 is 3.26. The van der Waals surface area contributed by atoms with Crippen molar-refractivity contribution < 1.29 is 4.79 Å². The lowest BCUT2D eigenvalue weighted by molar-refractivity contribution is 0.0954. The molecule has 0 spiro atoms. The van der Waals surface area contributed by atoms with Crippen LogP contribution in [0.25, 0.3) is 11.0 Å². The molecule has 23 heavy (non-hydrogen) atoms. The fourth-order valence-corrected chi connectivity index (χ4v) is 2.63. The number of pyridine rings is 1. The first-order valence-corrected chi connectivity index (χ1v) is 7.40. The predicted octanol–water partition coefficient (Wildman–Crippen LogP) is 1.24. The Morgan fingerprint density at radius 3 is 2.52 bits per heavy atom. The van der Waals surface area contributed by atoms with Crippen molar-refractivity contribution in [2.45, 2.75) is 6.42 Å². The first kappa shape index (κ1) is 15.0. The van der Waals surface area contributed by atoms with Gasteiger partial charge in [-0.3, -0.25) is 18.9 Å². The van der Waals surface area contributed by atoms with Gasteiger partial charge >= 0.3 is 5.69 Å². The number of hydrogen-bond acceptors (Lipinski definition) is 3. The van der Waals surface area contributed by atoms with E-state index in [9.17, 15) is 9.59 Å². The average Bonchev–Trinajstić information content (AvgIpc) is 2.80. The van der Waals surface area contributed by atoms with E-state index in [0.717, 1.165) is 16.6 Å². The highest BCUT2D eigenvalue weighted by Gasteiger charge is 2.08. The van der Waals surface area contributed by atoms with E-state index in [2.05, 4.69) is 10.3 Å². The molecule has 0 fully saturated rings. The maximum atomic E-state index is 12.0. The van der Waals surface area contributed by atoms with Crippen LogP contribution in [-0.4, -0.2) is 26.6 Å². The van der Waals surface area contributed by atoms with Crippen molar-refractivity contribution in [2.75, 3.05) is 6.54 Å². The van der Waals surface area contributed by atoms with Gasteiger partial charge in [-0.15, -0.1) is 0 Å². The van der Waals surface area contributed by atoms with Crippen LogP contribution in [0, 0.1) is 0 Å². The Morgan fingerprint density at radius 2 is 1.78 bits per heavy atom. The molecule has 0 radical (unpaired) electrons. The van der Waals surface area contributed by atoms with Gasteiger partial charge in [0.2, 0.25) is 0 Å². The zero-order valence-electron chi connectivity index (χ0n) is 13.1. The van der Waals surface area contributed by atoms with Crippen LogP contribution in [0.1, 0.15) is 15.9 Å². The van der Waals surface area contributed by atoms with Gasteiger partial charge in [-0.2, -0.15) is 0 Å². The highest BCUT2D eigenvalue weighted by Crippen LogP contribution is 2.14. The van der Waals surface area contributed by atoms with Crippen molar-refractivity contribution >= 4 is 16.9 Å². The van der Waals surface area contributed by atoms with Crippen molar-refractivity contribution in [3.63, 3.8) is 0 Å². The van der Waals surface area contributed by atoms with Crippen LogP contribution in [0.3, 0.4) is 0 Å². The van der Waals surface area contributed by atoms with Gasteiger partial charge in [0.15, 0.2) is 0 Å². The molecule has 0 bridgehead atoms. The molecule has 0 saturated carbocycles. The normalized spacial score (nSPS) is 10.9. The number of nitrogens with one attached hydrogen (secondary N) is 1. The first-order chi connectivity index (χ1) is 11.1. The summed E-state index contributed by atoms with van der Waals surface area (Å²) in [5, 5.41) is 2.89. The number of nitrogens with zero attached hydrogens (tertiary/aromatic N) is 3. The van der Waals surface area contributed by atoms with E-state index in [1.807, 2.05) is 18.2 Å². The summed E-state index contributed by atoms with van der Waals surface area (Å²) in [6.07, 6.45) is 3.90. The van der Waals surface area contributed by atoms with Crippen LogP contribution in [0.15, 0.2) is 47.5 Å². The van der Waals surface area contributed by atoms with Gasteiger partial charge in [0, 0.05) is 38.6 Å². The zero-order chi connectivity index (χ0) is 16.4. The summed E-state index contributed by atoms with van der Waals surface area (Å²) >= 11 is 0. The number of rotatable bonds is 4. The van der Waals surface area contributed by atoms with Gasteiger partial charge in [0.25, 0.3) is 5.91 Å². The van der Waals surface area contributed by atoms with Crippen molar-refractivity contribution in [3.05, 3.63) is 64.3 Å². The molecule has 6 nitrogen and oxygen atoms in total. The topological polar surface area (TPSA) is 68.9 Å². The van der Waals surface area contributed by atoms with Crippen LogP contribution in [0.5, 0.6) is 0 Å². The molecule has 2 aromatic heterocycles. The molecule has 0 atom stereocenters. The Balaban J connectivity index is 1.69. The van der Waals surface area contributed by atoms with Crippen LogP contribution >= 0.6 is 0 Å². The Morgan fingerprint density at radius 1 is 1.09 bits per heavy atom. The third-order valence-electron chi connectivity index (χ3n) is 3.98. The largest absolute Gasteiger partial charge is 0.352 e. The van der Waals surface area contributed by atoms with Crippen molar-refractivity contribution in [2.24, 2.45) is 14.1 Å². The molecule has 3 aromatic rings. The highest BCUT2D eigenvalue weighted by molar-refractivity contribution is 5.93. The van der Waals surface area contributed by atoms with Crippen LogP contribution < -0.4 is 11.0 Å². The lowest BCUT2D eigenvalue weighted by Crippen LogP contribution is -2.25. The summed E-state index contributed by atoms with van der Waals surface area (Å²) in [6, 6.07) is 9.29. The minimum Gasteiger partial charge on any atom is -0.352 e. The first-order valence-electron chi connectivity index (χ1n) is 7.40. The number of carbonyl (C=O) groups is 1. The standard InChI is InChI=1S/C17H18N4O2/c1-20-14-4-3-12(11-15(14)21(2)17(20)23)5-10-19-16(22)13-6-8-18-9-7-13/h3-4,6-9,11H,5,10H2,1-2H3,(H,19,22). The van der Waals surface area contributed by atoms with E-state index in [1.54, 1.807) is 47.8 Å². The maximum Gasteiger partial charge on any atom is 0.328 e. The quantitative estimate of drug-likeness (QED) is 0.788. The summed E-state index contributed by atoms with van der Waals surface area (Å²) in [5.74, 6) is -0.111. The van der Waals surface area contributed by atoms with Gasteiger partial charge in [0.1, 0.15) is 0 Å². The van der Waals surface area contributed by atoms with Crippen molar-refractivity contribution in [3.8, 4) is 0 Å². The molecular weight excluding hydrogens is 292 g/mol. The van der Waals surface area contributed by atoms with Crippen LogP contribution in [-0.2, 0) is 20.5 Å². The number of hydrogen-bond donors (Lipinski definition) is 1. The molecule has 3 rings (SSSR count). The lowest BCUT2D eigenvalue weighted by Gasteiger charge is -2.06. The van der Waals surface area contributed by atoms with Gasteiger partial charge in [0.05, 0.1) is 11.0 Å². The number of carbonyl (C=O) groups excluding carboxylic acids is 1. The van der Waals surface area contributed by atoms with Crippen molar-refractivity contribution in [1.29, 1.82) is 0 Å². The molecule has 0 aliphatic rings. The fourth-order valence-electron chi connectivity index (χ4n) is 2.63. The molecule has 1 N–H and O–H groups in total. The molecule has 2 heterocycles. The van der Waals surface area contributed by atoms with E-state index < -0.39 is 0 Å². The minimum absolute atomic E-state index is 0.0388. The number of aromatic nitrogens is 3. The van der Waals surface area contributed by atoms with Crippen LogP contribution in [0.4, 0.5) is 0 Å². The fraction of sp³-hybridized carbons (Fsp3) is 0.235. The molecule has 0 unspecified atom stereocenters. The summed E-state index contributed by atoms with van der Waals surface area (Å²) in [4.78, 5) is 27.8. The Bertz CT molecular complexity index is 909. The Kier molecular flexibility index (Phi) is 3.97. The molecule has 1 aromatic carbocycles. The van der Waals surface area contributed by atoms with Gasteiger partial charge in [-0.25, -0.2) is 4.79 Å².